The monoisotopic (exact) mass is 250 g/mol. The second-order valence-corrected chi connectivity index (χ2v) is 4.41. The minimum atomic E-state index is -0.811. The van der Waals surface area contributed by atoms with E-state index in [0.717, 1.165) is 5.56 Å². The highest BCUT2D eigenvalue weighted by Crippen LogP contribution is 2.13. The first-order chi connectivity index (χ1) is 8.31. The van der Waals surface area contributed by atoms with Crippen LogP contribution in [0.25, 0.3) is 0 Å². The Labute approximate surface area is 107 Å². The van der Waals surface area contributed by atoms with Crippen molar-refractivity contribution in [2.45, 2.75) is 20.0 Å². The largest absolute Gasteiger partial charge is 0.449 e. The molecule has 0 spiro atoms. The summed E-state index contributed by atoms with van der Waals surface area (Å²) in [7, 11) is 3.22. The average Bonchev–Trinajstić information content (AvgIpc) is 2.26. The molecule has 1 aromatic carbocycles. The summed E-state index contributed by atoms with van der Waals surface area (Å²) in [6, 6.07) is 4.96. The van der Waals surface area contributed by atoms with Gasteiger partial charge < -0.3 is 15.4 Å². The highest BCUT2D eigenvalue weighted by Gasteiger charge is 2.20. The van der Waals surface area contributed by atoms with E-state index in [0.29, 0.717) is 11.3 Å². The summed E-state index contributed by atoms with van der Waals surface area (Å²) >= 11 is 0. The summed E-state index contributed by atoms with van der Waals surface area (Å²) in [5.41, 5.74) is 7.37. The van der Waals surface area contributed by atoms with Gasteiger partial charge >= 0.3 is 5.97 Å². The Morgan fingerprint density at radius 3 is 2.39 bits per heavy atom. The maximum atomic E-state index is 11.8. The zero-order valence-corrected chi connectivity index (χ0v) is 11.1. The Bertz CT molecular complexity index is 449. The number of esters is 1. The summed E-state index contributed by atoms with van der Waals surface area (Å²) in [6.07, 6.45) is -0.811. The molecule has 1 atom stereocenters. The molecule has 0 heterocycles. The predicted octanol–water partition coefficient (Wildman–Crippen LogP) is 1.21. The number of hydrogen-bond donors (Lipinski definition) is 1. The number of amides is 1. The molecule has 1 amide bonds. The van der Waals surface area contributed by atoms with Gasteiger partial charge in [0.1, 0.15) is 0 Å². The van der Waals surface area contributed by atoms with E-state index in [9.17, 15) is 9.59 Å². The van der Waals surface area contributed by atoms with Crippen molar-refractivity contribution in [1.82, 2.24) is 4.90 Å². The first kappa shape index (κ1) is 14.0. The lowest BCUT2D eigenvalue weighted by Gasteiger charge is -2.17. The van der Waals surface area contributed by atoms with E-state index in [1.807, 2.05) is 6.92 Å². The first-order valence-electron chi connectivity index (χ1n) is 5.60. The Balaban J connectivity index is 2.79. The summed E-state index contributed by atoms with van der Waals surface area (Å²) in [6.45, 7) is 3.38. The van der Waals surface area contributed by atoms with Crippen LogP contribution in [0.2, 0.25) is 0 Å². The van der Waals surface area contributed by atoms with Gasteiger partial charge in [-0.1, -0.05) is 0 Å². The lowest BCUT2D eigenvalue weighted by molar-refractivity contribution is -0.137. The van der Waals surface area contributed by atoms with Crippen LogP contribution in [-0.2, 0) is 9.53 Å². The molecule has 18 heavy (non-hydrogen) atoms. The van der Waals surface area contributed by atoms with Gasteiger partial charge in [0, 0.05) is 19.8 Å². The second-order valence-electron chi connectivity index (χ2n) is 4.41. The number of likely N-dealkylation sites (N-methyl/N-ethyl adjacent to an activating group) is 1. The molecule has 5 heteroatoms. The fourth-order valence-corrected chi connectivity index (χ4v) is 1.57. The molecular formula is C13H18N2O3. The van der Waals surface area contributed by atoms with Crippen LogP contribution in [0.1, 0.15) is 22.8 Å². The maximum Gasteiger partial charge on any atom is 0.338 e. The number of benzene rings is 1. The van der Waals surface area contributed by atoms with Gasteiger partial charge in [0.2, 0.25) is 0 Å². The van der Waals surface area contributed by atoms with Crippen LogP contribution in [0.5, 0.6) is 0 Å². The lowest BCUT2D eigenvalue weighted by atomic mass is 10.1. The third-order valence-corrected chi connectivity index (χ3v) is 2.41. The quantitative estimate of drug-likeness (QED) is 0.646. The van der Waals surface area contributed by atoms with Gasteiger partial charge in [-0.05, 0) is 37.6 Å². The molecule has 1 aromatic rings. The van der Waals surface area contributed by atoms with Crippen molar-refractivity contribution < 1.29 is 14.3 Å². The SMILES string of the molecule is Cc1cc(N)cc(C(=O)OC(C)C(=O)N(C)C)c1. The second kappa shape index (κ2) is 5.53. The van der Waals surface area contributed by atoms with Crippen molar-refractivity contribution in [3.05, 3.63) is 29.3 Å². The zero-order chi connectivity index (χ0) is 13.9. The van der Waals surface area contributed by atoms with Crippen molar-refractivity contribution >= 4 is 17.6 Å². The van der Waals surface area contributed by atoms with Crippen LogP contribution in [0.4, 0.5) is 5.69 Å². The van der Waals surface area contributed by atoms with Gasteiger partial charge in [0.25, 0.3) is 5.91 Å². The van der Waals surface area contributed by atoms with E-state index in [1.165, 1.54) is 11.0 Å². The molecule has 0 saturated heterocycles. The van der Waals surface area contributed by atoms with Crippen molar-refractivity contribution in [3.63, 3.8) is 0 Å². The Hall–Kier alpha value is -2.04. The fraction of sp³-hybridized carbons (Fsp3) is 0.385. The van der Waals surface area contributed by atoms with Crippen LogP contribution in [-0.4, -0.2) is 37.0 Å². The van der Waals surface area contributed by atoms with Crippen molar-refractivity contribution in [2.24, 2.45) is 0 Å². The van der Waals surface area contributed by atoms with Crippen molar-refractivity contribution in [2.75, 3.05) is 19.8 Å². The molecule has 1 unspecified atom stereocenters. The number of carbonyl (C=O) groups is 2. The van der Waals surface area contributed by atoms with E-state index >= 15 is 0 Å². The molecule has 2 N–H and O–H groups in total. The Morgan fingerprint density at radius 1 is 1.28 bits per heavy atom. The molecule has 0 radical (unpaired) electrons. The summed E-state index contributed by atoms with van der Waals surface area (Å²) < 4.78 is 5.08. The average molecular weight is 250 g/mol. The third-order valence-electron chi connectivity index (χ3n) is 2.41. The summed E-state index contributed by atoms with van der Waals surface area (Å²) in [5.74, 6) is -0.808. The van der Waals surface area contributed by atoms with Crippen LogP contribution in [0.3, 0.4) is 0 Å². The van der Waals surface area contributed by atoms with Crippen LogP contribution >= 0.6 is 0 Å². The number of anilines is 1. The van der Waals surface area contributed by atoms with Crippen molar-refractivity contribution in [3.8, 4) is 0 Å². The molecule has 0 fully saturated rings. The maximum absolute atomic E-state index is 11.8. The number of ether oxygens (including phenoxy) is 1. The van der Waals surface area contributed by atoms with Gasteiger partial charge in [-0.25, -0.2) is 4.79 Å². The summed E-state index contributed by atoms with van der Waals surface area (Å²) in [5, 5.41) is 0. The van der Waals surface area contributed by atoms with Crippen molar-refractivity contribution in [1.29, 1.82) is 0 Å². The summed E-state index contributed by atoms with van der Waals surface area (Å²) in [4.78, 5) is 24.8. The lowest BCUT2D eigenvalue weighted by Crippen LogP contribution is -2.34. The molecule has 0 aliphatic heterocycles. The van der Waals surface area contributed by atoms with Crippen LogP contribution < -0.4 is 5.73 Å². The van der Waals surface area contributed by atoms with Gasteiger partial charge in [0.05, 0.1) is 5.56 Å². The predicted molar refractivity (Wildman–Crippen MR) is 69.2 cm³/mol. The molecule has 0 aliphatic rings. The third kappa shape index (κ3) is 3.48. The van der Waals surface area contributed by atoms with Gasteiger partial charge in [-0.2, -0.15) is 0 Å². The molecule has 0 bridgehead atoms. The number of nitrogens with two attached hydrogens (primary N) is 1. The molecule has 1 rings (SSSR count). The topological polar surface area (TPSA) is 72.6 Å². The first-order valence-corrected chi connectivity index (χ1v) is 5.60. The number of rotatable bonds is 3. The van der Waals surface area contributed by atoms with Crippen LogP contribution in [0, 0.1) is 6.92 Å². The number of carbonyl (C=O) groups excluding carboxylic acids is 2. The highest BCUT2D eigenvalue weighted by molar-refractivity contribution is 5.93. The van der Waals surface area contributed by atoms with Gasteiger partial charge in [-0.15, -0.1) is 0 Å². The van der Waals surface area contributed by atoms with E-state index in [-0.39, 0.29) is 5.91 Å². The molecule has 5 nitrogen and oxygen atoms in total. The normalized spacial score (nSPS) is 11.8. The zero-order valence-electron chi connectivity index (χ0n) is 11.1. The Morgan fingerprint density at radius 2 is 1.89 bits per heavy atom. The number of hydrogen-bond acceptors (Lipinski definition) is 4. The van der Waals surface area contributed by atoms with E-state index in [2.05, 4.69) is 0 Å². The van der Waals surface area contributed by atoms with E-state index < -0.39 is 12.1 Å². The van der Waals surface area contributed by atoms with Gasteiger partial charge in [0.15, 0.2) is 6.10 Å². The standard InChI is InChI=1S/C13H18N2O3/c1-8-5-10(7-11(14)6-8)13(17)18-9(2)12(16)15(3)4/h5-7,9H,14H2,1-4H3. The van der Waals surface area contributed by atoms with E-state index in [4.69, 9.17) is 10.5 Å². The van der Waals surface area contributed by atoms with E-state index in [1.54, 1.807) is 33.2 Å². The van der Waals surface area contributed by atoms with Gasteiger partial charge in [-0.3, -0.25) is 4.79 Å². The fourth-order valence-electron chi connectivity index (χ4n) is 1.57. The molecule has 98 valence electrons. The number of nitrogen functional groups attached to an aromatic ring is 1. The molecular weight excluding hydrogens is 232 g/mol. The smallest absolute Gasteiger partial charge is 0.338 e. The molecule has 0 aromatic heterocycles. The molecule has 0 aliphatic carbocycles. The number of aryl methyl sites for hydroxylation is 1. The Kier molecular flexibility index (Phi) is 4.31. The highest BCUT2D eigenvalue weighted by atomic mass is 16.5. The number of nitrogens with zero attached hydrogens (tertiary/aromatic N) is 1. The molecule has 0 saturated carbocycles. The minimum Gasteiger partial charge on any atom is -0.449 e. The van der Waals surface area contributed by atoms with Crippen LogP contribution in [0.15, 0.2) is 18.2 Å². The minimum absolute atomic E-state index is 0.260.